The van der Waals surface area contributed by atoms with Crippen LogP contribution in [0.2, 0.25) is 5.02 Å². The number of H-pyrrole nitrogens is 1. The summed E-state index contributed by atoms with van der Waals surface area (Å²) in [6, 6.07) is 8.21. The highest BCUT2D eigenvalue weighted by atomic mass is 127. The number of ketones is 1. The standard InChI is InChI=1S/C21H19ClIN3O4/c1-10(2)8-16(27)18-20(28)17-15(26(29)30)7-5-13(22)19(17)25-21(18)24-14-6-4-12(23)9-11(14)3/h4-7,9-10H,8H2,1-3H3,(H2,24,25,28). The summed E-state index contributed by atoms with van der Waals surface area (Å²) in [6.07, 6.45) is 0.128. The number of rotatable bonds is 6. The van der Waals surface area contributed by atoms with Crippen molar-refractivity contribution in [2.24, 2.45) is 5.92 Å². The maximum atomic E-state index is 13.3. The Balaban J connectivity index is 2.34. The van der Waals surface area contributed by atoms with Crippen LogP contribution in [0.15, 0.2) is 35.1 Å². The highest BCUT2D eigenvalue weighted by molar-refractivity contribution is 14.1. The summed E-state index contributed by atoms with van der Waals surface area (Å²) in [7, 11) is 0. The number of benzene rings is 2. The van der Waals surface area contributed by atoms with Crippen molar-refractivity contribution >= 4 is 68.1 Å². The number of nitrogens with one attached hydrogen (secondary N) is 2. The lowest BCUT2D eigenvalue weighted by Crippen LogP contribution is -2.21. The second-order valence-electron chi connectivity index (χ2n) is 7.38. The molecule has 0 fully saturated rings. The number of Topliss-reactive ketones (excluding diaryl/α,β-unsaturated/α-hetero) is 1. The molecule has 30 heavy (non-hydrogen) atoms. The van der Waals surface area contributed by atoms with Crippen molar-refractivity contribution in [1.29, 1.82) is 0 Å². The molecule has 0 radical (unpaired) electrons. The Bertz CT molecular complexity index is 1240. The summed E-state index contributed by atoms with van der Waals surface area (Å²) in [5.74, 6) is -0.215. The smallest absolute Gasteiger partial charge is 0.282 e. The van der Waals surface area contributed by atoms with Crippen molar-refractivity contribution in [1.82, 2.24) is 4.98 Å². The first-order valence-electron chi connectivity index (χ1n) is 9.19. The van der Waals surface area contributed by atoms with Crippen LogP contribution < -0.4 is 10.7 Å². The van der Waals surface area contributed by atoms with Crippen LogP contribution in [0.1, 0.15) is 36.2 Å². The van der Waals surface area contributed by atoms with Crippen LogP contribution in [-0.4, -0.2) is 15.7 Å². The van der Waals surface area contributed by atoms with Crippen molar-refractivity contribution in [3.8, 4) is 0 Å². The molecular formula is C21H19ClIN3O4. The Morgan fingerprint density at radius 2 is 2.00 bits per heavy atom. The number of carbonyl (C=O) groups is 1. The lowest BCUT2D eigenvalue weighted by atomic mass is 9.99. The molecule has 7 nitrogen and oxygen atoms in total. The molecule has 0 atom stereocenters. The lowest BCUT2D eigenvalue weighted by Gasteiger charge is -2.16. The van der Waals surface area contributed by atoms with Gasteiger partial charge in [-0.1, -0.05) is 25.4 Å². The number of nitro groups is 1. The van der Waals surface area contributed by atoms with Gasteiger partial charge in [-0.15, -0.1) is 0 Å². The molecule has 1 heterocycles. The molecule has 0 bridgehead atoms. The van der Waals surface area contributed by atoms with Gasteiger partial charge in [0.1, 0.15) is 16.8 Å². The minimum atomic E-state index is -0.714. The lowest BCUT2D eigenvalue weighted by molar-refractivity contribution is -0.383. The molecule has 0 aliphatic heterocycles. The molecule has 1 aromatic heterocycles. The predicted octanol–water partition coefficient (Wildman–Crippen LogP) is 5.98. The SMILES string of the molecule is Cc1cc(I)ccc1Nc1[nH]c2c(Cl)ccc([N+](=O)[O-])c2c(=O)c1C(=O)CC(C)C. The van der Waals surface area contributed by atoms with E-state index < -0.39 is 21.8 Å². The number of non-ortho nitro benzene ring substituents is 1. The summed E-state index contributed by atoms with van der Waals surface area (Å²) in [5, 5.41) is 14.6. The molecule has 2 N–H and O–H groups in total. The number of anilines is 2. The number of aryl methyl sites for hydroxylation is 1. The molecule has 0 spiro atoms. The molecule has 156 valence electrons. The van der Waals surface area contributed by atoms with Gasteiger partial charge < -0.3 is 10.3 Å². The van der Waals surface area contributed by atoms with Crippen LogP contribution in [-0.2, 0) is 0 Å². The minimum absolute atomic E-state index is 0.00911. The Morgan fingerprint density at radius 3 is 2.60 bits per heavy atom. The number of aromatic nitrogens is 1. The van der Waals surface area contributed by atoms with Crippen LogP contribution in [0.25, 0.3) is 10.9 Å². The maximum Gasteiger partial charge on any atom is 0.282 e. The fraction of sp³-hybridized carbons (Fsp3) is 0.238. The largest absolute Gasteiger partial charge is 0.341 e. The van der Waals surface area contributed by atoms with E-state index in [1.807, 2.05) is 39.0 Å². The maximum absolute atomic E-state index is 13.3. The zero-order valence-electron chi connectivity index (χ0n) is 16.5. The average Bonchev–Trinajstić information content (AvgIpc) is 2.64. The summed E-state index contributed by atoms with van der Waals surface area (Å²) in [6.45, 7) is 5.63. The number of carbonyl (C=O) groups excluding carboxylic acids is 1. The van der Waals surface area contributed by atoms with Crippen molar-refractivity contribution in [2.45, 2.75) is 27.2 Å². The van der Waals surface area contributed by atoms with Gasteiger partial charge in [-0.25, -0.2) is 0 Å². The van der Waals surface area contributed by atoms with Gasteiger partial charge >= 0.3 is 0 Å². The van der Waals surface area contributed by atoms with E-state index in [-0.39, 0.29) is 39.6 Å². The fourth-order valence-corrected chi connectivity index (χ4v) is 4.08. The average molecular weight is 540 g/mol. The number of hydrogen-bond donors (Lipinski definition) is 2. The predicted molar refractivity (Wildman–Crippen MR) is 127 cm³/mol. The number of halogens is 2. The molecule has 0 saturated carbocycles. The van der Waals surface area contributed by atoms with Crippen LogP contribution in [0.3, 0.4) is 0 Å². The molecule has 9 heteroatoms. The van der Waals surface area contributed by atoms with Crippen molar-refractivity contribution < 1.29 is 9.72 Å². The Kier molecular flexibility index (Phi) is 6.47. The number of hydrogen-bond acceptors (Lipinski definition) is 5. The summed E-state index contributed by atoms with van der Waals surface area (Å²) >= 11 is 8.44. The summed E-state index contributed by atoms with van der Waals surface area (Å²) in [5.41, 5.74) is 0.475. The van der Waals surface area contributed by atoms with Gasteiger partial charge in [0.15, 0.2) is 5.78 Å². The summed E-state index contributed by atoms with van der Waals surface area (Å²) < 4.78 is 1.04. The Hall–Kier alpha value is -2.46. The number of nitrogens with zero attached hydrogens (tertiary/aromatic N) is 1. The third-order valence-electron chi connectivity index (χ3n) is 4.60. The molecule has 0 unspecified atom stereocenters. The molecule has 2 aromatic carbocycles. The van der Waals surface area contributed by atoms with Crippen LogP contribution in [0.5, 0.6) is 0 Å². The number of fused-ring (bicyclic) bond motifs is 1. The van der Waals surface area contributed by atoms with E-state index in [0.29, 0.717) is 5.69 Å². The molecule has 3 rings (SSSR count). The van der Waals surface area contributed by atoms with Gasteiger partial charge in [0.2, 0.25) is 5.43 Å². The van der Waals surface area contributed by atoms with Crippen molar-refractivity contribution in [3.63, 3.8) is 0 Å². The van der Waals surface area contributed by atoms with Gasteiger partial charge in [-0.3, -0.25) is 19.7 Å². The fourth-order valence-electron chi connectivity index (χ4n) is 3.23. The van der Waals surface area contributed by atoms with E-state index in [9.17, 15) is 19.7 Å². The monoisotopic (exact) mass is 539 g/mol. The van der Waals surface area contributed by atoms with Gasteiger partial charge in [0.25, 0.3) is 5.69 Å². The highest BCUT2D eigenvalue weighted by Crippen LogP contribution is 2.32. The second kappa shape index (κ2) is 8.73. The topological polar surface area (TPSA) is 105 Å². The van der Waals surface area contributed by atoms with E-state index in [0.717, 1.165) is 9.13 Å². The Labute approximate surface area is 191 Å². The molecule has 0 aliphatic rings. The molecule has 0 aliphatic carbocycles. The van der Waals surface area contributed by atoms with Crippen LogP contribution >= 0.6 is 34.2 Å². The van der Waals surface area contributed by atoms with E-state index in [1.54, 1.807) is 0 Å². The van der Waals surface area contributed by atoms with Gasteiger partial charge in [0.05, 0.1) is 15.5 Å². The first kappa shape index (κ1) is 22.2. The zero-order valence-corrected chi connectivity index (χ0v) is 19.4. The van der Waals surface area contributed by atoms with Gasteiger partial charge in [-0.2, -0.15) is 0 Å². The van der Waals surface area contributed by atoms with E-state index in [2.05, 4.69) is 32.9 Å². The van der Waals surface area contributed by atoms with Crippen molar-refractivity contribution in [3.05, 3.63) is 70.4 Å². The minimum Gasteiger partial charge on any atom is -0.341 e. The first-order valence-corrected chi connectivity index (χ1v) is 10.6. The number of aromatic amines is 1. The highest BCUT2D eigenvalue weighted by Gasteiger charge is 2.26. The molecule has 0 amide bonds. The molecule has 0 saturated heterocycles. The van der Waals surface area contributed by atoms with Gasteiger partial charge in [-0.05, 0) is 65.3 Å². The van der Waals surface area contributed by atoms with Crippen LogP contribution in [0, 0.1) is 26.5 Å². The van der Waals surface area contributed by atoms with E-state index >= 15 is 0 Å². The molecule has 3 aromatic rings. The molecular weight excluding hydrogens is 521 g/mol. The second-order valence-corrected chi connectivity index (χ2v) is 9.04. The van der Waals surface area contributed by atoms with E-state index in [1.165, 1.54) is 12.1 Å². The Morgan fingerprint density at radius 1 is 1.30 bits per heavy atom. The normalized spacial score (nSPS) is 11.1. The zero-order chi connectivity index (χ0) is 22.2. The third kappa shape index (κ3) is 4.34. The number of nitro benzene ring substituents is 1. The number of pyridine rings is 1. The van der Waals surface area contributed by atoms with Crippen LogP contribution in [0.4, 0.5) is 17.2 Å². The summed E-state index contributed by atoms with van der Waals surface area (Å²) in [4.78, 5) is 40.1. The quantitative estimate of drug-likeness (QED) is 0.174. The first-order chi connectivity index (χ1) is 14.1. The van der Waals surface area contributed by atoms with E-state index in [4.69, 9.17) is 11.6 Å². The third-order valence-corrected chi connectivity index (χ3v) is 5.59. The van der Waals surface area contributed by atoms with Crippen molar-refractivity contribution in [2.75, 3.05) is 5.32 Å². The van der Waals surface area contributed by atoms with Gasteiger partial charge in [0, 0.05) is 21.7 Å².